The molecule has 3 aromatic rings. The molecule has 5 atom stereocenters. The molecule has 1 aliphatic heterocycles. The first kappa shape index (κ1) is 25.1. The summed E-state index contributed by atoms with van der Waals surface area (Å²) in [6, 6.07) is 5.32. The van der Waals surface area contributed by atoms with Gasteiger partial charge in [0.2, 0.25) is 17.5 Å². The van der Waals surface area contributed by atoms with Crippen LogP contribution in [0.25, 0.3) is 22.3 Å². The fourth-order valence-electron chi connectivity index (χ4n) is 3.70. The number of rotatable bonds is 5. The number of hydrogen-bond donors (Lipinski definition) is 7. The van der Waals surface area contributed by atoms with Crippen LogP contribution in [0.15, 0.2) is 39.5 Å². The molecule has 1 aromatic heterocycles. The second-order valence-corrected chi connectivity index (χ2v) is 8.07. The van der Waals surface area contributed by atoms with Crippen molar-refractivity contribution in [3.8, 4) is 40.1 Å². The Morgan fingerprint density at radius 1 is 0.944 bits per heavy atom. The summed E-state index contributed by atoms with van der Waals surface area (Å²) in [7, 11) is 0. The molecule has 13 nitrogen and oxygen atoms in total. The molecule has 0 radical (unpaired) electrons. The maximum absolute atomic E-state index is 13.4. The third kappa shape index (κ3) is 4.59. The minimum atomic E-state index is -1.89. The van der Waals surface area contributed by atoms with Gasteiger partial charge in [0.1, 0.15) is 53.5 Å². The molecule has 1 fully saturated rings. The molecular weight excluding hydrogens is 484 g/mol. The Morgan fingerprint density at radius 3 is 2.33 bits per heavy atom. The molecule has 0 saturated carbocycles. The minimum absolute atomic E-state index is 0.00415. The SMILES string of the molecule is CC(=O)OC[C@@H]1O[C@@H](Oc2c(-c3ccc(O)c(O)c3)oc3cc(O)cc(O)c3c2=O)[C@@H](O)[C@H](O)[C@@H]1O. The topological polar surface area (TPSA) is 217 Å². The predicted octanol–water partition coefficient (Wildman–Crippen LogP) is 0.0319. The Balaban J connectivity index is 1.84. The number of aliphatic hydroxyl groups is 3. The van der Waals surface area contributed by atoms with Gasteiger partial charge >= 0.3 is 5.97 Å². The van der Waals surface area contributed by atoms with Gasteiger partial charge in [-0.05, 0) is 18.2 Å². The molecule has 36 heavy (non-hydrogen) atoms. The van der Waals surface area contributed by atoms with Crippen LogP contribution in [0.2, 0.25) is 0 Å². The highest BCUT2D eigenvalue weighted by Crippen LogP contribution is 2.39. The van der Waals surface area contributed by atoms with Gasteiger partial charge in [-0.3, -0.25) is 9.59 Å². The molecule has 1 aliphatic rings. The van der Waals surface area contributed by atoms with Crippen molar-refractivity contribution in [2.24, 2.45) is 0 Å². The summed E-state index contributed by atoms with van der Waals surface area (Å²) in [5.74, 6) is -3.84. The number of ether oxygens (including phenoxy) is 3. The molecule has 0 amide bonds. The van der Waals surface area contributed by atoms with Gasteiger partial charge in [0.05, 0.1) is 0 Å². The summed E-state index contributed by atoms with van der Waals surface area (Å²) in [6.45, 7) is 0.601. The molecule has 192 valence electrons. The molecule has 0 unspecified atom stereocenters. The highest BCUT2D eigenvalue weighted by Gasteiger charge is 2.46. The van der Waals surface area contributed by atoms with Crippen LogP contribution in [0.4, 0.5) is 0 Å². The molecule has 4 rings (SSSR count). The quantitative estimate of drug-likeness (QED) is 0.180. The summed E-state index contributed by atoms with van der Waals surface area (Å²) in [5.41, 5.74) is -1.24. The van der Waals surface area contributed by atoms with Crippen LogP contribution in [0.5, 0.6) is 28.7 Å². The lowest BCUT2D eigenvalue weighted by Gasteiger charge is -2.39. The maximum atomic E-state index is 13.4. The molecular formula is C23H22O13. The lowest BCUT2D eigenvalue weighted by atomic mass is 9.99. The molecule has 0 spiro atoms. The number of fused-ring (bicyclic) bond motifs is 1. The predicted molar refractivity (Wildman–Crippen MR) is 119 cm³/mol. The van der Waals surface area contributed by atoms with Crippen LogP contribution < -0.4 is 10.2 Å². The van der Waals surface area contributed by atoms with Gasteiger partial charge in [-0.1, -0.05) is 0 Å². The molecule has 1 saturated heterocycles. The molecule has 7 N–H and O–H groups in total. The molecule has 13 heteroatoms. The second-order valence-electron chi connectivity index (χ2n) is 8.07. The minimum Gasteiger partial charge on any atom is -0.508 e. The van der Waals surface area contributed by atoms with Crippen molar-refractivity contribution >= 4 is 16.9 Å². The van der Waals surface area contributed by atoms with E-state index in [2.05, 4.69) is 0 Å². The highest BCUT2D eigenvalue weighted by atomic mass is 16.7. The van der Waals surface area contributed by atoms with Crippen LogP contribution >= 0.6 is 0 Å². The summed E-state index contributed by atoms with van der Waals surface area (Å²) in [6.07, 6.45) is -8.54. The lowest BCUT2D eigenvalue weighted by Crippen LogP contribution is -2.60. The molecule has 2 heterocycles. The molecule has 0 aliphatic carbocycles. The summed E-state index contributed by atoms with van der Waals surface area (Å²) in [4.78, 5) is 24.5. The van der Waals surface area contributed by atoms with Crippen molar-refractivity contribution in [1.82, 2.24) is 0 Å². The summed E-state index contributed by atoms with van der Waals surface area (Å²) in [5, 5.41) is 70.1. The highest BCUT2D eigenvalue weighted by molar-refractivity contribution is 5.88. The number of aliphatic hydroxyl groups excluding tert-OH is 3. The van der Waals surface area contributed by atoms with Gasteiger partial charge in [0.25, 0.3) is 0 Å². The van der Waals surface area contributed by atoms with Crippen LogP contribution in [0.3, 0.4) is 0 Å². The average molecular weight is 506 g/mol. The van der Waals surface area contributed by atoms with Gasteiger partial charge < -0.3 is 54.4 Å². The maximum Gasteiger partial charge on any atom is 0.302 e. The zero-order chi connectivity index (χ0) is 26.3. The van der Waals surface area contributed by atoms with Gasteiger partial charge in [0.15, 0.2) is 17.3 Å². The Kier molecular flexibility index (Phi) is 6.65. The van der Waals surface area contributed by atoms with Gasteiger partial charge in [-0.25, -0.2) is 0 Å². The van der Waals surface area contributed by atoms with Gasteiger partial charge in [-0.15, -0.1) is 0 Å². The number of carbonyl (C=O) groups excluding carboxylic acids is 1. The first-order valence-corrected chi connectivity index (χ1v) is 10.5. The average Bonchev–Trinajstić information content (AvgIpc) is 2.81. The Labute approximate surface area is 201 Å². The first-order valence-electron chi connectivity index (χ1n) is 10.5. The third-order valence-electron chi connectivity index (χ3n) is 5.51. The summed E-state index contributed by atoms with van der Waals surface area (Å²) < 4.78 is 21.5. The lowest BCUT2D eigenvalue weighted by molar-refractivity contribution is -0.278. The Hall–Kier alpha value is -4.04. The van der Waals surface area contributed by atoms with Crippen molar-refractivity contribution in [2.45, 2.75) is 37.6 Å². The van der Waals surface area contributed by atoms with Crippen molar-refractivity contribution in [3.63, 3.8) is 0 Å². The second kappa shape index (κ2) is 9.54. The number of hydrogen-bond acceptors (Lipinski definition) is 13. The smallest absolute Gasteiger partial charge is 0.302 e. The molecule has 0 bridgehead atoms. The number of aromatic hydroxyl groups is 4. The van der Waals surface area contributed by atoms with E-state index in [4.69, 9.17) is 18.6 Å². The van der Waals surface area contributed by atoms with E-state index in [0.29, 0.717) is 0 Å². The standard InChI is InChI=1S/C23H22O13/c1-8(24)33-7-15-17(29)19(31)20(32)23(35-15)36-22-18(30)16-13(28)5-10(25)6-14(16)34-21(22)9-2-3-11(26)12(27)4-9/h2-6,15,17,19-20,23,25-29,31-32H,7H2,1H3/t15-,17+,19+,20-,23-/m0/s1. The number of phenols is 4. The fraction of sp³-hybridized carbons (Fsp3) is 0.304. The van der Waals surface area contributed by atoms with Gasteiger partial charge in [-0.2, -0.15) is 0 Å². The van der Waals surface area contributed by atoms with E-state index in [1.54, 1.807) is 0 Å². The Morgan fingerprint density at radius 2 is 1.67 bits per heavy atom. The Bertz CT molecular complexity index is 1360. The van der Waals surface area contributed by atoms with Crippen molar-refractivity contribution < 1.29 is 59.2 Å². The van der Waals surface area contributed by atoms with Crippen LogP contribution in [-0.4, -0.2) is 79.0 Å². The van der Waals surface area contributed by atoms with E-state index in [1.807, 2.05) is 0 Å². The van der Waals surface area contributed by atoms with Crippen molar-refractivity contribution in [2.75, 3.05) is 6.61 Å². The van der Waals surface area contributed by atoms with E-state index in [9.17, 15) is 45.3 Å². The third-order valence-corrected chi connectivity index (χ3v) is 5.51. The normalized spacial score (nSPS) is 23.9. The van der Waals surface area contributed by atoms with Crippen LogP contribution in [0, 0.1) is 0 Å². The molecule has 2 aromatic carbocycles. The van der Waals surface area contributed by atoms with Crippen molar-refractivity contribution in [3.05, 3.63) is 40.6 Å². The van der Waals surface area contributed by atoms with E-state index in [1.165, 1.54) is 6.07 Å². The number of benzene rings is 2. The fourth-order valence-corrected chi connectivity index (χ4v) is 3.70. The summed E-state index contributed by atoms with van der Waals surface area (Å²) >= 11 is 0. The van der Waals surface area contributed by atoms with E-state index < -0.39 is 82.8 Å². The van der Waals surface area contributed by atoms with E-state index in [0.717, 1.165) is 31.2 Å². The van der Waals surface area contributed by atoms with Crippen LogP contribution in [0.1, 0.15) is 6.92 Å². The zero-order valence-electron chi connectivity index (χ0n) is 18.6. The number of carbonyl (C=O) groups is 1. The van der Waals surface area contributed by atoms with Gasteiger partial charge in [0, 0.05) is 24.6 Å². The van der Waals surface area contributed by atoms with Crippen LogP contribution in [-0.2, 0) is 14.3 Å². The zero-order valence-corrected chi connectivity index (χ0v) is 18.6. The van der Waals surface area contributed by atoms with E-state index in [-0.39, 0.29) is 16.9 Å². The first-order chi connectivity index (χ1) is 17.0. The number of phenolic OH excluding ortho intramolecular Hbond substituents is 4. The number of esters is 1. The largest absolute Gasteiger partial charge is 0.508 e. The monoisotopic (exact) mass is 506 g/mol. The van der Waals surface area contributed by atoms with Crippen molar-refractivity contribution in [1.29, 1.82) is 0 Å². The van der Waals surface area contributed by atoms with E-state index >= 15 is 0 Å².